The van der Waals surface area contributed by atoms with E-state index in [1.807, 2.05) is 24.3 Å². The van der Waals surface area contributed by atoms with Crippen LogP contribution in [0, 0.1) is 20.6 Å². The molecule has 0 saturated heterocycles. The lowest BCUT2D eigenvalue weighted by Crippen LogP contribution is -2.05. The molecule has 4 rings (SSSR count). The highest BCUT2D eigenvalue weighted by molar-refractivity contribution is 14.1. The number of aryl methyl sites for hydroxylation is 1. The Labute approximate surface area is 189 Å². The lowest BCUT2D eigenvalue weighted by Gasteiger charge is -2.04. The van der Waals surface area contributed by atoms with E-state index in [2.05, 4.69) is 27.6 Å². The Morgan fingerprint density at radius 1 is 1.17 bits per heavy atom. The van der Waals surface area contributed by atoms with Crippen molar-refractivity contribution in [1.29, 1.82) is 0 Å². The van der Waals surface area contributed by atoms with Gasteiger partial charge < -0.3 is 9.15 Å². The molecule has 30 heavy (non-hydrogen) atoms. The summed E-state index contributed by atoms with van der Waals surface area (Å²) in [4.78, 5) is 26.9. The van der Waals surface area contributed by atoms with Gasteiger partial charge in [-0.1, -0.05) is 11.6 Å². The van der Waals surface area contributed by atoms with Crippen molar-refractivity contribution in [2.45, 2.75) is 6.92 Å². The topological polar surface area (TPSA) is 94.9 Å². The van der Waals surface area contributed by atoms with E-state index in [4.69, 9.17) is 20.8 Å². The fourth-order valence-electron chi connectivity index (χ4n) is 2.91. The Kier molecular flexibility index (Phi) is 5.44. The molecule has 0 fully saturated rings. The van der Waals surface area contributed by atoms with Gasteiger partial charge in [0.25, 0.3) is 5.69 Å². The van der Waals surface area contributed by atoms with E-state index in [1.54, 1.807) is 19.1 Å². The molecule has 150 valence electrons. The van der Waals surface area contributed by atoms with Crippen molar-refractivity contribution < 1.29 is 18.9 Å². The van der Waals surface area contributed by atoms with Gasteiger partial charge in [-0.25, -0.2) is 9.79 Å². The number of furan rings is 1. The minimum atomic E-state index is -0.573. The molecule has 2 aromatic carbocycles. The predicted molar refractivity (Wildman–Crippen MR) is 120 cm³/mol. The zero-order chi connectivity index (χ0) is 21.4. The lowest BCUT2D eigenvalue weighted by molar-refractivity contribution is -0.384. The quantitative estimate of drug-likeness (QED) is 0.139. The normalized spacial score (nSPS) is 14.7. The van der Waals surface area contributed by atoms with Gasteiger partial charge in [-0.15, -0.1) is 0 Å². The summed E-state index contributed by atoms with van der Waals surface area (Å²) in [6, 6.07) is 13.7. The maximum absolute atomic E-state index is 12.2. The van der Waals surface area contributed by atoms with Crippen molar-refractivity contribution in [1.82, 2.24) is 0 Å². The number of ether oxygens (including phenoxy) is 1. The Balaban J connectivity index is 1.64. The minimum absolute atomic E-state index is 0.0167. The maximum atomic E-state index is 12.2. The average molecular weight is 535 g/mol. The second-order valence-corrected chi connectivity index (χ2v) is 8.07. The number of hydrogen-bond donors (Lipinski definition) is 0. The fraction of sp³-hybridized carbons (Fsp3) is 0.0476. The zero-order valence-electron chi connectivity index (χ0n) is 15.4. The van der Waals surface area contributed by atoms with Crippen LogP contribution in [0.4, 0.5) is 5.69 Å². The third-order valence-electron chi connectivity index (χ3n) is 4.37. The SMILES string of the molecule is Cc1cc([N+](=O)[O-])c(Cl)cc1-c1ccc(/C=C2\N=C(c3ccc(I)cc3)OC2=O)o1. The number of nitro groups is 1. The molecule has 0 saturated carbocycles. The first kappa shape index (κ1) is 20.3. The van der Waals surface area contributed by atoms with Crippen LogP contribution >= 0.6 is 34.2 Å². The highest BCUT2D eigenvalue weighted by Gasteiger charge is 2.25. The molecule has 1 aromatic heterocycles. The summed E-state index contributed by atoms with van der Waals surface area (Å²) in [7, 11) is 0. The number of cyclic esters (lactones) is 1. The highest BCUT2D eigenvalue weighted by Crippen LogP contribution is 2.34. The Morgan fingerprint density at radius 2 is 1.90 bits per heavy atom. The van der Waals surface area contributed by atoms with Gasteiger partial charge in [0.1, 0.15) is 16.5 Å². The lowest BCUT2D eigenvalue weighted by atomic mass is 10.1. The van der Waals surface area contributed by atoms with E-state index in [-0.39, 0.29) is 22.3 Å². The van der Waals surface area contributed by atoms with Crippen molar-refractivity contribution >= 4 is 57.8 Å². The standard InChI is InChI=1S/C21H12ClIN2O5/c1-11-8-18(25(27)28)16(22)10-15(11)19-7-6-14(29-19)9-17-21(26)30-20(24-17)12-2-4-13(23)5-3-12/h2-10H,1H3/b17-9-. The first-order chi connectivity index (χ1) is 14.3. The van der Waals surface area contributed by atoms with Crippen molar-refractivity contribution in [2.24, 2.45) is 4.99 Å². The van der Waals surface area contributed by atoms with Crippen molar-refractivity contribution in [3.8, 4) is 11.3 Å². The molecular weight excluding hydrogens is 523 g/mol. The van der Waals surface area contributed by atoms with Gasteiger partial charge in [0.15, 0.2) is 5.70 Å². The summed E-state index contributed by atoms with van der Waals surface area (Å²) >= 11 is 8.21. The molecule has 0 atom stereocenters. The molecule has 0 spiro atoms. The number of esters is 1. The molecule has 1 aliphatic rings. The highest BCUT2D eigenvalue weighted by atomic mass is 127. The smallest absolute Gasteiger partial charge is 0.363 e. The Morgan fingerprint density at radius 3 is 2.60 bits per heavy atom. The monoisotopic (exact) mass is 534 g/mol. The van der Waals surface area contributed by atoms with Crippen LogP contribution in [0.2, 0.25) is 5.02 Å². The molecule has 7 nitrogen and oxygen atoms in total. The van der Waals surface area contributed by atoms with Gasteiger partial charge >= 0.3 is 5.97 Å². The Bertz CT molecular complexity index is 1240. The number of nitrogens with zero attached hydrogens (tertiary/aromatic N) is 2. The van der Waals surface area contributed by atoms with Crippen LogP contribution in [0.5, 0.6) is 0 Å². The number of carbonyl (C=O) groups excluding carboxylic acids is 1. The third kappa shape index (κ3) is 4.01. The van der Waals surface area contributed by atoms with E-state index in [0.717, 1.165) is 3.57 Å². The summed E-state index contributed by atoms with van der Waals surface area (Å²) in [6.07, 6.45) is 1.48. The van der Waals surface area contributed by atoms with E-state index in [9.17, 15) is 14.9 Å². The predicted octanol–water partition coefficient (Wildman–Crippen LogP) is 5.77. The molecule has 0 aliphatic carbocycles. The minimum Gasteiger partial charge on any atom is -0.457 e. The van der Waals surface area contributed by atoms with Crippen molar-refractivity contribution in [3.63, 3.8) is 0 Å². The summed E-state index contributed by atoms with van der Waals surface area (Å²) in [5.74, 6) is 0.506. The van der Waals surface area contributed by atoms with E-state index >= 15 is 0 Å². The van der Waals surface area contributed by atoms with E-state index < -0.39 is 10.9 Å². The van der Waals surface area contributed by atoms with Gasteiger partial charge in [-0.3, -0.25) is 10.1 Å². The first-order valence-corrected chi connectivity index (χ1v) is 10.1. The molecular formula is C21H12ClIN2O5. The summed E-state index contributed by atoms with van der Waals surface area (Å²) < 4.78 is 12.1. The first-order valence-electron chi connectivity index (χ1n) is 8.65. The van der Waals surface area contributed by atoms with Crippen LogP contribution in [-0.4, -0.2) is 16.8 Å². The van der Waals surface area contributed by atoms with Gasteiger partial charge in [0.05, 0.1) is 4.92 Å². The zero-order valence-corrected chi connectivity index (χ0v) is 18.3. The number of carbonyl (C=O) groups is 1. The number of nitro benzene ring substituents is 1. The van der Waals surface area contributed by atoms with Gasteiger partial charge in [-0.05, 0) is 77.5 Å². The molecule has 3 aromatic rings. The van der Waals surface area contributed by atoms with Crippen molar-refractivity contribution in [3.05, 3.63) is 89.8 Å². The number of benzene rings is 2. The number of aliphatic imine (C=N–C) groups is 1. The summed E-state index contributed by atoms with van der Waals surface area (Å²) in [5, 5.41) is 11.0. The Hall–Kier alpha value is -2.98. The van der Waals surface area contributed by atoms with Crippen molar-refractivity contribution in [2.75, 3.05) is 0 Å². The summed E-state index contributed by atoms with van der Waals surface area (Å²) in [5.41, 5.74) is 1.90. The third-order valence-corrected chi connectivity index (χ3v) is 5.40. The molecule has 0 unspecified atom stereocenters. The van der Waals surface area contributed by atoms with Gasteiger partial charge in [0.2, 0.25) is 5.90 Å². The van der Waals surface area contributed by atoms with E-state index in [0.29, 0.717) is 28.2 Å². The molecule has 0 radical (unpaired) electrons. The van der Waals surface area contributed by atoms with Gasteiger partial charge in [-0.2, -0.15) is 0 Å². The van der Waals surface area contributed by atoms with E-state index in [1.165, 1.54) is 18.2 Å². The molecule has 0 amide bonds. The summed E-state index contributed by atoms with van der Waals surface area (Å²) in [6.45, 7) is 1.73. The molecule has 9 heteroatoms. The second-order valence-electron chi connectivity index (χ2n) is 6.42. The molecule has 2 heterocycles. The molecule has 1 aliphatic heterocycles. The van der Waals surface area contributed by atoms with Crippen LogP contribution < -0.4 is 0 Å². The van der Waals surface area contributed by atoms with Crippen LogP contribution in [0.25, 0.3) is 17.4 Å². The average Bonchev–Trinajstić information content (AvgIpc) is 3.31. The van der Waals surface area contributed by atoms with Crippen LogP contribution in [0.3, 0.4) is 0 Å². The maximum Gasteiger partial charge on any atom is 0.363 e. The van der Waals surface area contributed by atoms with Gasteiger partial charge in [0, 0.05) is 26.8 Å². The van der Waals surface area contributed by atoms with Crippen LogP contribution in [-0.2, 0) is 9.53 Å². The second kappa shape index (κ2) is 8.04. The fourth-order valence-corrected chi connectivity index (χ4v) is 3.50. The molecule has 0 bridgehead atoms. The molecule has 0 N–H and O–H groups in total. The number of rotatable bonds is 4. The largest absolute Gasteiger partial charge is 0.457 e. The van der Waals surface area contributed by atoms with Crippen LogP contribution in [0.1, 0.15) is 16.9 Å². The van der Waals surface area contributed by atoms with Crippen LogP contribution in [0.15, 0.2) is 63.6 Å². The number of hydrogen-bond acceptors (Lipinski definition) is 6. The number of halogens is 2.